The van der Waals surface area contributed by atoms with Gasteiger partial charge >= 0.3 is 0 Å². The first kappa shape index (κ1) is 17.3. The van der Waals surface area contributed by atoms with Crippen LogP contribution in [0.25, 0.3) is 0 Å². The maximum Gasteiger partial charge on any atom is 0.225 e. The van der Waals surface area contributed by atoms with Gasteiger partial charge in [0, 0.05) is 32.0 Å². The molecule has 2 N–H and O–H groups in total. The van der Waals surface area contributed by atoms with E-state index in [-0.39, 0.29) is 11.8 Å². The standard InChI is InChI=1S/C13H27N3OS/c1-5-15(6-2)9-10-16(8-7-12(14)18)13(17)11(3)4/h11H,5-10H2,1-4H3,(H2,14,18). The molecule has 0 aliphatic carbocycles. The lowest BCUT2D eigenvalue weighted by molar-refractivity contribution is -0.134. The molecule has 0 bridgehead atoms. The van der Waals surface area contributed by atoms with E-state index in [0.717, 1.165) is 26.2 Å². The second kappa shape index (κ2) is 9.28. The number of carbonyl (C=O) groups is 1. The Bertz CT molecular complexity index is 265. The largest absolute Gasteiger partial charge is 0.393 e. The van der Waals surface area contributed by atoms with E-state index < -0.39 is 0 Å². The van der Waals surface area contributed by atoms with E-state index in [1.165, 1.54) is 0 Å². The molecule has 1 amide bonds. The number of carbonyl (C=O) groups excluding carboxylic acids is 1. The van der Waals surface area contributed by atoms with Gasteiger partial charge in [-0.3, -0.25) is 4.79 Å². The van der Waals surface area contributed by atoms with Crippen molar-refractivity contribution in [1.29, 1.82) is 0 Å². The van der Waals surface area contributed by atoms with Gasteiger partial charge in [0.1, 0.15) is 0 Å². The van der Waals surface area contributed by atoms with Gasteiger partial charge in [0.2, 0.25) is 5.91 Å². The minimum Gasteiger partial charge on any atom is -0.393 e. The molecule has 0 aliphatic heterocycles. The molecule has 0 aromatic carbocycles. The van der Waals surface area contributed by atoms with Crippen LogP contribution in [0.5, 0.6) is 0 Å². The van der Waals surface area contributed by atoms with E-state index >= 15 is 0 Å². The van der Waals surface area contributed by atoms with Crippen molar-refractivity contribution in [1.82, 2.24) is 9.80 Å². The fourth-order valence-corrected chi connectivity index (χ4v) is 1.84. The molecule has 0 heterocycles. The van der Waals surface area contributed by atoms with Crippen LogP contribution in [0.2, 0.25) is 0 Å². The smallest absolute Gasteiger partial charge is 0.225 e. The summed E-state index contributed by atoms with van der Waals surface area (Å²) in [4.78, 5) is 16.7. The average molecular weight is 273 g/mol. The highest BCUT2D eigenvalue weighted by Crippen LogP contribution is 2.03. The average Bonchev–Trinajstić information content (AvgIpc) is 2.32. The van der Waals surface area contributed by atoms with Crippen LogP contribution in [0.1, 0.15) is 34.1 Å². The van der Waals surface area contributed by atoms with Gasteiger partial charge in [-0.1, -0.05) is 39.9 Å². The molecule has 0 radical (unpaired) electrons. The van der Waals surface area contributed by atoms with Crippen LogP contribution in [-0.2, 0) is 4.79 Å². The van der Waals surface area contributed by atoms with E-state index in [2.05, 4.69) is 18.7 Å². The van der Waals surface area contributed by atoms with Gasteiger partial charge in [-0.15, -0.1) is 0 Å². The Labute approximate surface area is 116 Å². The van der Waals surface area contributed by atoms with Gasteiger partial charge in [-0.05, 0) is 13.1 Å². The molecule has 5 heteroatoms. The number of hydrogen-bond acceptors (Lipinski definition) is 3. The fraction of sp³-hybridized carbons (Fsp3) is 0.846. The summed E-state index contributed by atoms with van der Waals surface area (Å²) in [6.45, 7) is 12.4. The Hall–Kier alpha value is -0.680. The maximum absolute atomic E-state index is 12.1. The summed E-state index contributed by atoms with van der Waals surface area (Å²) in [7, 11) is 0. The number of rotatable bonds is 9. The molecule has 0 rings (SSSR count). The SMILES string of the molecule is CCN(CC)CCN(CCC(N)=S)C(=O)C(C)C. The Balaban J connectivity index is 4.37. The Morgan fingerprint density at radius 2 is 1.72 bits per heavy atom. The molecule has 0 atom stereocenters. The molecule has 0 unspecified atom stereocenters. The third-order valence-corrected chi connectivity index (χ3v) is 3.22. The van der Waals surface area contributed by atoms with Crippen LogP contribution in [-0.4, -0.2) is 53.4 Å². The summed E-state index contributed by atoms with van der Waals surface area (Å²) in [5.41, 5.74) is 5.51. The molecular formula is C13H27N3OS. The topological polar surface area (TPSA) is 49.6 Å². The number of nitrogens with zero attached hydrogens (tertiary/aromatic N) is 2. The molecule has 0 aromatic rings. The highest BCUT2D eigenvalue weighted by molar-refractivity contribution is 7.80. The van der Waals surface area contributed by atoms with Gasteiger partial charge in [0.05, 0.1) is 4.99 Å². The second-order valence-corrected chi connectivity index (χ2v) is 5.25. The molecule has 0 aromatic heterocycles. The van der Waals surface area contributed by atoms with Crippen molar-refractivity contribution in [2.24, 2.45) is 11.7 Å². The summed E-state index contributed by atoms with van der Waals surface area (Å²) in [5, 5.41) is 0. The molecule has 0 fully saturated rings. The highest BCUT2D eigenvalue weighted by Gasteiger charge is 2.17. The third-order valence-electron chi connectivity index (χ3n) is 3.01. The molecule has 0 aliphatic rings. The third kappa shape index (κ3) is 6.91. The molecule has 0 saturated carbocycles. The van der Waals surface area contributed by atoms with Crippen LogP contribution in [0.4, 0.5) is 0 Å². The predicted molar refractivity (Wildman–Crippen MR) is 80.6 cm³/mol. The quantitative estimate of drug-likeness (QED) is 0.647. The maximum atomic E-state index is 12.1. The van der Waals surface area contributed by atoms with Crippen molar-refractivity contribution in [3.05, 3.63) is 0 Å². The molecule has 4 nitrogen and oxygen atoms in total. The van der Waals surface area contributed by atoms with Gasteiger partial charge in [0.15, 0.2) is 0 Å². The molecule has 0 spiro atoms. The minimum atomic E-state index is 0.0213. The summed E-state index contributed by atoms with van der Waals surface area (Å²) >= 11 is 4.88. The Kier molecular flexibility index (Phi) is 8.93. The van der Waals surface area contributed by atoms with Crippen molar-refractivity contribution in [2.75, 3.05) is 32.7 Å². The Morgan fingerprint density at radius 1 is 1.17 bits per heavy atom. The van der Waals surface area contributed by atoms with Crippen LogP contribution < -0.4 is 5.73 Å². The number of thiocarbonyl (C=S) groups is 1. The lowest BCUT2D eigenvalue weighted by Crippen LogP contribution is -2.41. The van der Waals surface area contributed by atoms with Crippen molar-refractivity contribution in [3.63, 3.8) is 0 Å². The molecule has 0 saturated heterocycles. The van der Waals surface area contributed by atoms with Gasteiger partial charge in [-0.25, -0.2) is 0 Å². The van der Waals surface area contributed by atoms with Crippen molar-refractivity contribution < 1.29 is 4.79 Å². The number of likely N-dealkylation sites (N-methyl/N-ethyl adjacent to an activating group) is 1. The van der Waals surface area contributed by atoms with Crippen molar-refractivity contribution in [3.8, 4) is 0 Å². The van der Waals surface area contributed by atoms with Crippen molar-refractivity contribution in [2.45, 2.75) is 34.1 Å². The highest BCUT2D eigenvalue weighted by atomic mass is 32.1. The van der Waals surface area contributed by atoms with E-state index in [4.69, 9.17) is 18.0 Å². The van der Waals surface area contributed by atoms with Gasteiger partial charge in [0.25, 0.3) is 0 Å². The number of amides is 1. The van der Waals surface area contributed by atoms with E-state index in [1.54, 1.807) is 0 Å². The normalized spacial score (nSPS) is 11.0. The lowest BCUT2D eigenvalue weighted by atomic mass is 10.2. The predicted octanol–water partition coefficient (Wildman–Crippen LogP) is 1.49. The van der Waals surface area contributed by atoms with Crippen LogP contribution in [0.3, 0.4) is 0 Å². The van der Waals surface area contributed by atoms with Gasteiger partial charge in [-0.2, -0.15) is 0 Å². The minimum absolute atomic E-state index is 0.0213. The summed E-state index contributed by atoms with van der Waals surface area (Å²) in [6, 6.07) is 0. The van der Waals surface area contributed by atoms with E-state index in [9.17, 15) is 4.79 Å². The summed E-state index contributed by atoms with van der Waals surface area (Å²) < 4.78 is 0. The molecule has 106 valence electrons. The van der Waals surface area contributed by atoms with E-state index in [0.29, 0.717) is 18.0 Å². The molecular weight excluding hydrogens is 246 g/mol. The summed E-state index contributed by atoms with van der Waals surface area (Å²) in [6.07, 6.45) is 0.603. The lowest BCUT2D eigenvalue weighted by Gasteiger charge is -2.27. The zero-order valence-corrected chi connectivity index (χ0v) is 12.9. The first-order chi connectivity index (χ1) is 8.42. The monoisotopic (exact) mass is 273 g/mol. The van der Waals surface area contributed by atoms with E-state index in [1.807, 2.05) is 18.7 Å². The van der Waals surface area contributed by atoms with Crippen molar-refractivity contribution >= 4 is 23.1 Å². The summed E-state index contributed by atoms with van der Waals surface area (Å²) in [5.74, 6) is 0.200. The number of nitrogens with two attached hydrogens (primary N) is 1. The number of hydrogen-bond donors (Lipinski definition) is 1. The fourth-order valence-electron chi connectivity index (χ4n) is 1.74. The van der Waals surface area contributed by atoms with Crippen LogP contribution >= 0.6 is 12.2 Å². The molecule has 18 heavy (non-hydrogen) atoms. The van der Waals surface area contributed by atoms with Gasteiger partial charge < -0.3 is 15.5 Å². The van der Waals surface area contributed by atoms with Crippen LogP contribution in [0, 0.1) is 5.92 Å². The second-order valence-electron chi connectivity index (χ2n) is 4.72. The Morgan fingerprint density at radius 3 is 2.11 bits per heavy atom. The first-order valence-corrected chi connectivity index (χ1v) is 7.12. The zero-order valence-electron chi connectivity index (χ0n) is 12.1. The van der Waals surface area contributed by atoms with Crippen LogP contribution in [0.15, 0.2) is 0 Å². The first-order valence-electron chi connectivity index (χ1n) is 6.71. The zero-order chi connectivity index (χ0) is 14.1.